The summed E-state index contributed by atoms with van der Waals surface area (Å²) in [6.07, 6.45) is 2.69. The third kappa shape index (κ3) is 3.23. The largest absolute Gasteiger partial charge is 0.399 e. The van der Waals surface area contributed by atoms with Gasteiger partial charge in [-0.25, -0.2) is 0 Å². The van der Waals surface area contributed by atoms with Crippen molar-refractivity contribution in [3.63, 3.8) is 0 Å². The Labute approximate surface area is 129 Å². The highest BCUT2D eigenvalue weighted by Crippen LogP contribution is 2.17. The number of nitrogens with zero attached hydrogens (tertiary/aromatic N) is 1. The van der Waals surface area contributed by atoms with Crippen LogP contribution in [0.4, 0.5) is 11.4 Å². The lowest BCUT2D eigenvalue weighted by atomic mass is 10.1. The smallest absolute Gasteiger partial charge is 0.224 e. The fourth-order valence-electron chi connectivity index (χ4n) is 2.37. The third-order valence-corrected chi connectivity index (χ3v) is 3.55. The monoisotopic (exact) mass is 291 g/mol. The number of anilines is 2. The molecule has 0 atom stereocenters. The first-order chi connectivity index (χ1) is 10.7. The van der Waals surface area contributed by atoms with E-state index in [2.05, 4.69) is 10.3 Å². The van der Waals surface area contributed by atoms with Crippen LogP contribution in [0.3, 0.4) is 0 Å². The van der Waals surface area contributed by atoms with E-state index in [1.54, 1.807) is 6.20 Å². The van der Waals surface area contributed by atoms with Crippen LogP contribution in [0.15, 0.2) is 60.8 Å². The minimum Gasteiger partial charge on any atom is -0.399 e. The highest BCUT2D eigenvalue weighted by Gasteiger charge is 2.06. The number of carbonyl (C=O) groups excluding carboxylic acids is 1. The second kappa shape index (κ2) is 6.26. The van der Waals surface area contributed by atoms with Gasteiger partial charge in [0.15, 0.2) is 0 Å². The minimum atomic E-state index is -0.0414. The molecular formula is C18H17N3O. The van der Waals surface area contributed by atoms with E-state index in [4.69, 9.17) is 5.73 Å². The molecular weight excluding hydrogens is 274 g/mol. The van der Waals surface area contributed by atoms with Crippen molar-refractivity contribution in [3.8, 4) is 0 Å². The van der Waals surface area contributed by atoms with Gasteiger partial charge in [-0.1, -0.05) is 36.4 Å². The Balaban J connectivity index is 1.64. The summed E-state index contributed by atoms with van der Waals surface area (Å²) in [7, 11) is 0. The van der Waals surface area contributed by atoms with Crippen molar-refractivity contribution in [3.05, 3.63) is 66.4 Å². The third-order valence-electron chi connectivity index (χ3n) is 3.55. The van der Waals surface area contributed by atoms with Crippen LogP contribution in [0.1, 0.15) is 12.0 Å². The lowest BCUT2D eigenvalue weighted by Gasteiger charge is -2.07. The Bertz CT molecular complexity index is 814. The first-order valence-corrected chi connectivity index (χ1v) is 7.20. The van der Waals surface area contributed by atoms with Crippen LogP contribution in [0.2, 0.25) is 0 Å². The summed E-state index contributed by atoms with van der Waals surface area (Å²) < 4.78 is 0. The number of aryl methyl sites for hydroxylation is 1. The summed E-state index contributed by atoms with van der Waals surface area (Å²) in [5.74, 6) is -0.0414. The van der Waals surface area contributed by atoms with Gasteiger partial charge in [0.1, 0.15) is 0 Å². The van der Waals surface area contributed by atoms with Crippen molar-refractivity contribution in [1.82, 2.24) is 4.98 Å². The number of pyridine rings is 1. The number of nitrogens with two attached hydrogens (primary N) is 1. The van der Waals surface area contributed by atoms with Crippen LogP contribution in [0, 0.1) is 0 Å². The van der Waals surface area contributed by atoms with Gasteiger partial charge < -0.3 is 11.1 Å². The molecule has 0 spiro atoms. The zero-order valence-corrected chi connectivity index (χ0v) is 12.1. The Morgan fingerprint density at radius 3 is 2.73 bits per heavy atom. The van der Waals surface area contributed by atoms with E-state index in [0.29, 0.717) is 18.5 Å². The Hall–Kier alpha value is -2.88. The molecule has 0 saturated carbocycles. The molecule has 3 aromatic rings. The molecule has 0 radical (unpaired) electrons. The van der Waals surface area contributed by atoms with Crippen molar-refractivity contribution in [2.24, 2.45) is 0 Å². The molecule has 0 bridgehead atoms. The second-order valence-corrected chi connectivity index (χ2v) is 5.16. The fourth-order valence-corrected chi connectivity index (χ4v) is 2.37. The fraction of sp³-hybridized carbons (Fsp3) is 0.111. The number of hydrogen-bond acceptors (Lipinski definition) is 3. The highest BCUT2D eigenvalue weighted by molar-refractivity contribution is 5.93. The van der Waals surface area contributed by atoms with Crippen LogP contribution in [0.25, 0.3) is 10.9 Å². The van der Waals surface area contributed by atoms with Crippen LogP contribution in [-0.2, 0) is 11.2 Å². The maximum Gasteiger partial charge on any atom is 0.224 e. The summed E-state index contributed by atoms with van der Waals surface area (Å²) in [5.41, 5.74) is 9.23. The van der Waals surface area contributed by atoms with Gasteiger partial charge in [-0.2, -0.15) is 0 Å². The van der Waals surface area contributed by atoms with Gasteiger partial charge in [-0.05, 0) is 30.2 Å². The standard InChI is InChI=1S/C18H17N3O/c19-16-7-3-1-5-13(16)9-10-18(22)21-15-11-14-6-2-4-8-17(14)20-12-15/h1-8,11-12H,9-10,19H2,(H,21,22). The molecule has 110 valence electrons. The molecule has 0 unspecified atom stereocenters. The number of nitrogen functional groups attached to an aromatic ring is 1. The minimum absolute atomic E-state index is 0.0414. The molecule has 1 amide bonds. The predicted octanol–water partition coefficient (Wildman–Crippen LogP) is 3.39. The van der Waals surface area contributed by atoms with E-state index < -0.39 is 0 Å². The number of para-hydroxylation sites is 2. The van der Waals surface area contributed by atoms with Crippen LogP contribution in [0.5, 0.6) is 0 Å². The molecule has 1 heterocycles. The number of carbonyl (C=O) groups is 1. The van der Waals surface area contributed by atoms with Crippen molar-refractivity contribution in [2.75, 3.05) is 11.1 Å². The normalized spacial score (nSPS) is 10.5. The van der Waals surface area contributed by atoms with Gasteiger partial charge in [0.25, 0.3) is 0 Å². The molecule has 1 aromatic heterocycles. The van der Waals surface area contributed by atoms with Gasteiger partial charge in [0, 0.05) is 17.5 Å². The number of benzene rings is 2. The topological polar surface area (TPSA) is 68.0 Å². The van der Waals surface area contributed by atoms with Gasteiger partial charge in [0.2, 0.25) is 5.91 Å². The molecule has 0 saturated heterocycles. The van der Waals surface area contributed by atoms with E-state index in [-0.39, 0.29) is 5.91 Å². The molecule has 4 heteroatoms. The zero-order chi connectivity index (χ0) is 15.4. The molecule has 0 aliphatic carbocycles. The van der Waals surface area contributed by atoms with Gasteiger partial charge in [0.05, 0.1) is 17.4 Å². The van der Waals surface area contributed by atoms with Crippen LogP contribution >= 0.6 is 0 Å². The Morgan fingerprint density at radius 1 is 1.09 bits per heavy atom. The predicted molar refractivity (Wildman–Crippen MR) is 89.5 cm³/mol. The second-order valence-electron chi connectivity index (χ2n) is 5.16. The van der Waals surface area contributed by atoms with Crippen molar-refractivity contribution >= 4 is 28.2 Å². The van der Waals surface area contributed by atoms with E-state index in [0.717, 1.165) is 22.2 Å². The summed E-state index contributed by atoms with van der Waals surface area (Å²) in [6, 6.07) is 17.3. The van der Waals surface area contributed by atoms with Gasteiger partial charge in [-0.3, -0.25) is 9.78 Å². The van der Waals surface area contributed by atoms with Gasteiger partial charge >= 0.3 is 0 Å². The van der Waals surface area contributed by atoms with Gasteiger partial charge in [-0.15, -0.1) is 0 Å². The first kappa shape index (κ1) is 14.1. The molecule has 2 aromatic carbocycles. The average molecular weight is 291 g/mol. The summed E-state index contributed by atoms with van der Waals surface area (Å²) in [6.45, 7) is 0. The van der Waals surface area contributed by atoms with E-state index in [9.17, 15) is 4.79 Å². The summed E-state index contributed by atoms with van der Waals surface area (Å²) in [4.78, 5) is 16.4. The number of aromatic nitrogens is 1. The van der Waals surface area contributed by atoms with E-state index in [1.165, 1.54) is 0 Å². The lowest BCUT2D eigenvalue weighted by molar-refractivity contribution is -0.116. The zero-order valence-electron chi connectivity index (χ0n) is 12.1. The SMILES string of the molecule is Nc1ccccc1CCC(=O)Nc1cnc2ccccc2c1. The molecule has 0 aliphatic rings. The van der Waals surface area contributed by atoms with E-state index >= 15 is 0 Å². The summed E-state index contributed by atoms with van der Waals surface area (Å²) >= 11 is 0. The number of fused-ring (bicyclic) bond motifs is 1. The number of nitrogens with one attached hydrogen (secondary N) is 1. The van der Waals surface area contributed by atoms with Crippen LogP contribution in [-0.4, -0.2) is 10.9 Å². The molecule has 3 N–H and O–H groups in total. The molecule has 0 aliphatic heterocycles. The number of amides is 1. The maximum absolute atomic E-state index is 12.1. The van der Waals surface area contributed by atoms with Crippen molar-refractivity contribution in [2.45, 2.75) is 12.8 Å². The summed E-state index contributed by atoms with van der Waals surface area (Å²) in [5, 5.41) is 3.89. The average Bonchev–Trinajstić information content (AvgIpc) is 2.54. The quantitative estimate of drug-likeness (QED) is 0.724. The first-order valence-electron chi connectivity index (χ1n) is 7.20. The highest BCUT2D eigenvalue weighted by atomic mass is 16.1. The molecule has 22 heavy (non-hydrogen) atoms. The molecule has 3 rings (SSSR count). The van der Waals surface area contributed by atoms with Crippen molar-refractivity contribution in [1.29, 1.82) is 0 Å². The Kier molecular flexibility index (Phi) is 4.01. The molecule has 4 nitrogen and oxygen atoms in total. The van der Waals surface area contributed by atoms with Crippen LogP contribution < -0.4 is 11.1 Å². The number of hydrogen-bond donors (Lipinski definition) is 2. The van der Waals surface area contributed by atoms with Crippen molar-refractivity contribution < 1.29 is 4.79 Å². The Morgan fingerprint density at radius 2 is 1.86 bits per heavy atom. The lowest BCUT2D eigenvalue weighted by Crippen LogP contribution is -2.13. The maximum atomic E-state index is 12.1. The van der Waals surface area contributed by atoms with E-state index in [1.807, 2.05) is 54.6 Å². The number of rotatable bonds is 4. The molecule has 0 fully saturated rings.